The van der Waals surface area contributed by atoms with E-state index in [0.717, 1.165) is 17.7 Å². The van der Waals surface area contributed by atoms with Crippen LogP contribution < -0.4 is 0 Å². The van der Waals surface area contributed by atoms with Gasteiger partial charge in [-0.05, 0) is 29.3 Å². The minimum atomic E-state index is -4.43. The second-order valence-electron chi connectivity index (χ2n) is 5.39. The Morgan fingerprint density at radius 1 is 0.917 bits per heavy atom. The molecule has 0 aliphatic heterocycles. The van der Waals surface area contributed by atoms with Crippen molar-refractivity contribution in [3.8, 4) is 16.9 Å². The van der Waals surface area contributed by atoms with Crippen molar-refractivity contribution >= 4 is 0 Å². The number of aromatic hydroxyl groups is 1. The second kappa shape index (κ2) is 6.35. The van der Waals surface area contributed by atoms with Crippen LogP contribution in [0.4, 0.5) is 13.2 Å². The van der Waals surface area contributed by atoms with Gasteiger partial charge in [0, 0.05) is 18.2 Å². The first-order chi connectivity index (χ1) is 11.4. The minimum absolute atomic E-state index is 0.0966. The second-order valence-corrected chi connectivity index (χ2v) is 5.39. The highest BCUT2D eigenvalue weighted by Gasteiger charge is 2.30. The van der Waals surface area contributed by atoms with E-state index in [1.54, 1.807) is 0 Å². The van der Waals surface area contributed by atoms with E-state index in [1.165, 1.54) is 24.4 Å². The van der Waals surface area contributed by atoms with Crippen molar-refractivity contribution in [2.75, 3.05) is 0 Å². The number of rotatable bonds is 3. The number of hydrogen-bond acceptors (Lipinski definition) is 2. The molecule has 0 aliphatic rings. The van der Waals surface area contributed by atoms with Gasteiger partial charge in [-0.1, -0.05) is 42.5 Å². The van der Waals surface area contributed by atoms with E-state index >= 15 is 0 Å². The van der Waals surface area contributed by atoms with Gasteiger partial charge < -0.3 is 5.11 Å². The molecular formula is C19H14F3NO. The fourth-order valence-electron chi connectivity index (χ4n) is 2.51. The maximum atomic E-state index is 12.9. The molecule has 3 aromatic rings. The van der Waals surface area contributed by atoms with E-state index in [9.17, 15) is 18.3 Å². The third-order valence-corrected chi connectivity index (χ3v) is 3.72. The Hall–Kier alpha value is -2.82. The first-order valence-corrected chi connectivity index (χ1v) is 7.33. The van der Waals surface area contributed by atoms with Gasteiger partial charge in [0.2, 0.25) is 0 Å². The van der Waals surface area contributed by atoms with Gasteiger partial charge in [0.1, 0.15) is 5.75 Å². The Morgan fingerprint density at radius 2 is 1.67 bits per heavy atom. The van der Waals surface area contributed by atoms with Gasteiger partial charge in [0.25, 0.3) is 0 Å². The Labute approximate surface area is 137 Å². The predicted octanol–water partition coefficient (Wildman–Crippen LogP) is 5.06. The summed E-state index contributed by atoms with van der Waals surface area (Å²) >= 11 is 0. The summed E-state index contributed by atoms with van der Waals surface area (Å²) in [6.07, 6.45) is -2.53. The first kappa shape index (κ1) is 16.1. The van der Waals surface area contributed by atoms with Gasteiger partial charge in [-0.3, -0.25) is 4.98 Å². The largest absolute Gasteiger partial charge is 0.505 e. The molecule has 1 heterocycles. The van der Waals surface area contributed by atoms with Crippen LogP contribution in [-0.2, 0) is 12.6 Å². The maximum absolute atomic E-state index is 12.9. The molecule has 0 spiro atoms. The van der Waals surface area contributed by atoms with Gasteiger partial charge in [-0.15, -0.1) is 0 Å². The van der Waals surface area contributed by atoms with E-state index in [0.29, 0.717) is 23.2 Å². The molecule has 24 heavy (non-hydrogen) atoms. The van der Waals surface area contributed by atoms with E-state index in [4.69, 9.17) is 0 Å². The lowest BCUT2D eigenvalue weighted by atomic mass is 10.00. The summed E-state index contributed by atoms with van der Waals surface area (Å²) in [5, 5.41) is 10.5. The standard InChI is InChI=1S/C19H14F3NO/c20-19(21,22)15-8-4-7-14(12-15)16-9-10-23-17(18(16)24)11-13-5-2-1-3-6-13/h1-10,12,24H,11H2. The van der Waals surface area contributed by atoms with Gasteiger partial charge in [-0.25, -0.2) is 0 Å². The molecular weight excluding hydrogens is 315 g/mol. The molecule has 0 fully saturated rings. The quantitative estimate of drug-likeness (QED) is 0.728. The van der Waals surface area contributed by atoms with E-state index in [2.05, 4.69) is 4.98 Å². The zero-order valence-electron chi connectivity index (χ0n) is 12.6. The molecule has 0 saturated carbocycles. The van der Waals surface area contributed by atoms with Gasteiger partial charge in [-0.2, -0.15) is 13.2 Å². The molecule has 0 amide bonds. The Kier molecular flexibility index (Phi) is 4.25. The Balaban J connectivity index is 2.00. The average molecular weight is 329 g/mol. The first-order valence-electron chi connectivity index (χ1n) is 7.33. The summed E-state index contributed by atoms with van der Waals surface area (Å²) < 4.78 is 38.6. The number of alkyl halides is 3. The summed E-state index contributed by atoms with van der Waals surface area (Å²) in [5.41, 5.74) is 1.28. The van der Waals surface area contributed by atoms with Crippen molar-refractivity contribution in [1.29, 1.82) is 0 Å². The lowest BCUT2D eigenvalue weighted by molar-refractivity contribution is -0.137. The van der Waals surface area contributed by atoms with Crippen LogP contribution >= 0.6 is 0 Å². The van der Waals surface area contributed by atoms with Crippen molar-refractivity contribution < 1.29 is 18.3 Å². The maximum Gasteiger partial charge on any atom is 0.416 e. The molecule has 3 rings (SSSR count). The smallest absolute Gasteiger partial charge is 0.416 e. The summed E-state index contributed by atoms with van der Waals surface area (Å²) in [7, 11) is 0. The van der Waals surface area contributed by atoms with Crippen molar-refractivity contribution in [3.05, 3.63) is 83.7 Å². The molecule has 0 radical (unpaired) electrons. The Bertz CT molecular complexity index is 845. The summed E-state index contributed by atoms with van der Waals surface area (Å²) in [5.74, 6) is -0.0966. The third-order valence-electron chi connectivity index (χ3n) is 3.72. The Morgan fingerprint density at radius 3 is 2.38 bits per heavy atom. The van der Waals surface area contributed by atoms with Crippen LogP contribution in [0.1, 0.15) is 16.8 Å². The molecule has 2 nitrogen and oxygen atoms in total. The van der Waals surface area contributed by atoms with E-state index < -0.39 is 11.7 Å². The van der Waals surface area contributed by atoms with Crippen LogP contribution in [0.3, 0.4) is 0 Å². The summed E-state index contributed by atoms with van der Waals surface area (Å²) in [6, 6.07) is 15.9. The molecule has 1 N–H and O–H groups in total. The number of hydrogen-bond donors (Lipinski definition) is 1. The third kappa shape index (κ3) is 3.40. The molecule has 2 aromatic carbocycles. The lowest BCUT2D eigenvalue weighted by Gasteiger charge is -2.12. The highest BCUT2D eigenvalue weighted by Crippen LogP contribution is 2.36. The molecule has 5 heteroatoms. The van der Waals surface area contributed by atoms with Crippen LogP contribution in [0.5, 0.6) is 5.75 Å². The SMILES string of the molecule is Oc1c(-c2cccc(C(F)(F)F)c2)ccnc1Cc1ccccc1. The van der Waals surface area contributed by atoms with Crippen LogP contribution in [0, 0.1) is 0 Å². The van der Waals surface area contributed by atoms with Crippen LogP contribution in [0.2, 0.25) is 0 Å². The zero-order valence-corrected chi connectivity index (χ0v) is 12.6. The molecule has 0 saturated heterocycles. The van der Waals surface area contributed by atoms with E-state index in [-0.39, 0.29) is 5.75 Å². The molecule has 0 bridgehead atoms. The fraction of sp³-hybridized carbons (Fsp3) is 0.105. The van der Waals surface area contributed by atoms with Crippen LogP contribution in [0.25, 0.3) is 11.1 Å². The monoisotopic (exact) mass is 329 g/mol. The van der Waals surface area contributed by atoms with Crippen molar-refractivity contribution in [1.82, 2.24) is 4.98 Å². The number of halogens is 3. The van der Waals surface area contributed by atoms with Crippen LogP contribution in [0.15, 0.2) is 66.9 Å². The number of nitrogens with zero attached hydrogens (tertiary/aromatic N) is 1. The lowest BCUT2D eigenvalue weighted by Crippen LogP contribution is -2.04. The molecule has 1 aromatic heterocycles. The molecule has 0 aliphatic carbocycles. The normalized spacial score (nSPS) is 11.5. The van der Waals surface area contributed by atoms with Crippen molar-refractivity contribution in [2.24, 2.45) is 0 Å². The van der Waals surface area contributed by atoms with Gasteiger partial charge in [0.05, 0.1) is 11.3 Å². The topological polar surface area (TPSA) is 33.1 Å². The number of aromatic nitrogens is 1. The highest BCUT2D eigenvalue weighted by atomic mass is 19.4. The minimum Gasteiger partial charge on any atom is -0.505 e. The van der Waals surface area contributed by atoms with Crippen LogP contribution in [-0.4, -0.2) is 10.1 Å². The summed E-state index contributed by atoms with van der Waals surface area (Å²) in [4.78, 5) is 4.16. The van der Waals surface area contributed by atoms with Crippen molar-refractivity contribution in [2.45, 2.75) is 12.6 Å². The van der Waals surface area contributed by atoms with E-state index in [1.807, 2.05) is 30.3 Å². The zero-order chi connectivity index (χ0) is 17.2. The number of benzene rings is 2. The van der Waals surface area contributed by atoms with Gasteiger partial charge in [0.15, 0.2) is 0 Å². The number of pyridine rings is 1. The molecule has 0 atom stereocenters. The van der Waals surface area contributed by atoms with Crippen molar-refractivity contribution in [3.63, 3.8) is 0 Å². The van der Waals surface area contributed by atoms with Gasteiger partial charge >= 0.3 is 6.18 Å². The summed E-state index contributed by atoms with van der Waals surface area (Å²) in [6.45, 7) is 0. The molecule has 0 unspecified atom stereocenters. The molecule has 122 valence electrons. The average Bonchev–Trinajstić information content (AvgIpc) is 2.57. The fourth-order valence-corrected chi connectivity index (χ4v) is 2.51. The predicted molar refractivity (Wildman–Crippen MR) is 85.6 cm³/mol. The highest BCUT2D eigenvalue weighted by molar-refractivity contribution is 5.71.